The van der Waals surface area contributed by atoms with E-state index in [0.717, 1.165) is 43.0 Å². The van der Waals surface area contributed by atoms with Gasteiger partial charge in [-0.15, -0.1) is 0 Å². The highest BCUT2D eigenvalue weighted by molar-refractivity contribution is 5.71. The van der Waals surface area contributed by atoms with E-state index < -0.39 is 0 Å². The SMILES string of the molecule is CN1CCCCC1c1nc2cccnc2n1C1CCCO1. The number of ether oxygens (including phenoxy) is 1. The van der Waals surface area contributed by atoms with Gasteiger partial charge in [-0.3, -0.25) is 9.47 Å². The van der Waals surface area contributed by atoms with Crippen LogP contribution in [0.1, 0.15) is 50.2 Å². The molecular weight excluding hydrogens is 264 g/mol. The first-order valence-corrected chi connectivity index (χ1v) is 7.99. The molecule has 0 aromatic carbocycles. The zero-order chi connectivity index (χ0) is 14.2. The van der Waals surface area contributed by atoms with Gasteiger partial charge in [0.1, 0.15) is 17.6 Å². The molecule has 0 radical (unpaired) electrons. The van der Waals surface area contributed by atoms with Gasteiger partial charge in [0, 0.05) is 12.8 Å². The molecule has 0 spiro atoms. The lowest BCUT2D eigenvalue weighted by atomic mass is 10.0. The molecule has 2 aliphatic rings. The van der Waals surface area contributed by atoms with E-state index in [1.165, 1.54) is 19.3 Å². The lowest BCUT2D eigenvalue weighted by Gasteiger charge is -2.32. The van der Waals surface area contributed by atoms with Gasteiger partial charge in [0.2, 0.25) is 0 Å². The average Bonchev–Trinajstić information content (AvgIpc) is 3.14. The minimum Gasteiger partial charge on any atom is -0.358 e. The normalized spacial score (nSPS) is 27.5. The van der Waals surface area contributed by atoms with E-state index in [0.29, 0.717) is 6.04 Å². The molecule has 0 bridgehead atoms. The van der Waals surface area contributed by atoms with Gasteiger partial charge in [-0.05, 0) is 51.4 Å². The van der Waals surface area contributed by atoms with Crippen LogP contribution < -0.4 is 0 Å². The Hall–Kier alpha value is -1.46. The summed E-state index contributed by atoms with van der Waals surface area (Å²) < 4.78 is 8.20. The number of hydrogen-bond donors (Lipinski definition) is 0. The molecule has 2 aliphatic heterocycles. The van der Waals surface area contributed by atoms with Crippen molar-refractivity contribution in [1.82, 2.24) is 19.4 Å². The van der Waals surface area contributed by atoms with Crippen LogP contribution >= 0.6 is 0 Å². The van der Waals surface area contributed by atoms with Crippen LogP contribution in [0, 0.1) is 0 Å². The predicted molar refractivity (Wildman–Crippen MR) is 81.0 cm³/mol. The summed E-state index contributed by atoms with van der Waals surface area (Å²) in [5, 5.41) is 0. The number of nitrogens with zero attached hydrogens (tertiary/aromatic N) is 4. The van der Waals surface area contributed by atoms with Crippen molar-refractivity contribution in [2.75, 3.05) is 20.2 Å². The molecule has 21 heavy (non-hydrogen) atoms. The quantitative estimate of drug-likeness (QED) is 0.851. The Bertz CT molecular complexity index is 632. The van der Waals surface area contributed by atoms with Gasteiger partial charge in [-0.2, -0.15) is 0 Å². The second-order valence-electron chi connectivity index (χ2n) is 6.15. The summed E-state index contributed by atoms with van der Waals surface area (Å²) in [6.45, 7) is 1.99. The lowest BCUT2D eigenvalue weighted by molar-refractivity contribution is 0.0510. The maximum absolute atomic E-state index is 5.94. The lowest BCUT2D eigenvalue weighted by Crippen LogP contribution is -2.32. The standard InChI is InChI=1S/C16H22N4O/c1-19-10-3-2-7-13(19)16-18-12-6-4-9-17-15(12)20(16)14-8-5-11-21-14/h4,6,9,13-14H,2-3,5,7-8,10-11H2,1H3. The highest BCUT2D eigenvalue weighted by atomic mass is 16.5. The van der Waals surface area contributed by atoms with Gasteiger partial charge < -0.3 is 4.74 Å². The molecule has 2 atom stereocenters. The molecular formula is C16H22N4O. The first-order valence-electron chi connectivity index (χ1n) is 7.99. The van der Waals surface area contributed by atoms with Gasteiger partial charge >= 0.3 is 0 Å². The van der Waals surface area contributed by atoms with Gasteiger partial charge in [0.05, 0.1) is 6.04 Å². The molecule has 0 amide bonds. The van der Waals surface area contributed by atoms with E-state index in [4.69, 9.17) is 9.72 Å². The Kier molecular flexibility index (Phi) is 3.39. The van der Waals surface area contributed by atoms with E-state index in [-0.39, 0.29) is 6.23 Å². The first-order chi connectivity index (χ1) is 10.3. The number of aromatic nitrogens is 3. The van der Waals surface area contributed by atoms with Crippen LogP contribution in [0.25, 0.3) is 11.2 Å². The molecule has 2 unspecified atom stereocenters. The second-order valence-corrected chi connectivity index (χ2v) is 6.15. The highest BCUT2D eigenvalue weighted by Gasteiger charge is 2.30. The summed E-state index contributed by atoms with van der Waals surface area (Å²) in [6, 6.07) is 4.40. The third-order valence-corrected chi connectivity index (χ3v) is 4.74. The fourth-order valence-corrected chi connectivity index (χ4v) is 3.63. The minimum absolute atomic E-state index is 0.107. The Balaban J connectivity index is 1.84. The molecule has 2 aromatic heterocycles. The van der Waals surface area contributed by atoms with Crippen LogP contribution in [0.4, 0.5) is 0 Å². The smallest absolute Gasteiger partial charge is 0.162 e. The zero-order valence-electron chi connectivity index (χ0n) is 12.5. The van der Waals surface area contributed by atoms with Crippen molar-refractivity contribution in [1.29, 1.82) is 0 Å². The number of rotatable bonds is 2. The fourth-order valence-electron chi connectivity index (χ4n) is 3.63. The Morgan fingerprint density at radius 1 is 1.24 bits per heavy atom. The Morgan fingerprint density at radius 3 is 3.00 bits per heavy atom. The largest absolute Gasteiger partial charge is 0.358 e. The maximum Gasteiger partial charge on any atom is 0.162 e. The van der Waals surface area contributed by atoms with E-state index in [2.05, 4.69) is 27.6 Å². The van der Waals surface area contributed by atoms with Crippen LogP contribution in [0.2, 0.25) is 0 Å². The molecule has 0 aliphatic carbocycles. The fraction of sp³-hybridized carbons (Fsp3) is 0.625. The van der Waals surface area contributed by atoms with Crippen LogP contribution in [-0.4, -0.2) is 39.6 Å². The van der Waals surface area contributed by atoms with Gasteiger partial charge in [-0.25, -0.2) is 9.97 Å². The van der Waals surface area contributed by atoms with Crippen LogP contribution in [-0.2, 0) is 4.74 Å². The summed E-state index contributed by atoms with van der Waals surface area (Å²) in [5.74, 6) is 1.14. The van der Waals surface area contributed by atoms with Crippen molar-refractivity contribution in [2.24, 2.45) is 0 Å². The van der Waals surface area contributed by atoms with Crippen molar-refractivity contribution in [2.45, 2.75) is 44.4 Å². The van der Waals surface area contributed by atoms with E-state index in [9.17, 15) is 0 Å². The number of likely N-dealkylation sites (tertiary alicyclic amines) is 1. The van der Waals surface area contributed by atoms with Crippen molar-refractivity contribution < 1.29 is 4.74 Å². The minimum atomic E-state index is 0.107. The summed E-state index contributed by atoms with van der Waals surface area (Å²) in [5.41, 5.74) is 1.96. The summed E-state index contributed by atoms with van der Waals surface area (Å²) >= 11 is 0. The molecule has 2 aromatic rings. The van der Waals surface area contributed by atoms with Crippen molar-refractivity contribution in [3.8, 4) is 0 Å². The Morgan fingerprint density at radius 2 is 2.19 bits per heavy atom. The first kappa shape index (κ1) is 13.2. The van der Waals surface area contributed by atoms with E-state index in [1.807, 2.05) is 12.3 Å². The molecule has 5 nitrogen and oxygen atoms in total. The number of fused-ring (bicyclic) bond motifs is 1. The molecule has 2 fully saturated rings. The maximum atomic E-state index is 5.94. The van der Waals surface area contributed by atoms with Crippen LogP contribution in [0.5, 0.6) is 0 Å². The molecule has 0 saturated carbocycles. The van der Waals surface area contributed by atoms with Gasteiger partial charge in [-0.1, -0.05) is 6.42 Å². The third kappa shape index (κ3) is 2.24. The van der Waals surface area contributed by atoms with Gasteiger partial charge in [0.15, 0.2) is 5.65 Å². The second kappa shape index (κ2) is 5.39. The zero-order valence-corrected chi connectivity index (χ0v) is 12.5. The highest BCUT2D eigenvalue weighted by Crippen LogP contribution is 2.35. The van der Waals surface area contributed by atoms with Crippen molar-refractivity contribution >= 4 is 11.2 Å². The topological polar surface area (TPSA) is 43.2 Å². The summed E-state index contributed by atoms with van der Waals surface area (Å²) in [7, 11) is 2.20. The monoisotopic (exact) mass is 286 g/mol. The van der Waals surface area contributed by atoms with E-state index in [1.54, 1.807) is 0 Å². The molecule has 2 saturated heterocycles. The molecule has 4 rings (SSSR count). The summed E-state index contributed by atoms with van der Waals surface area (Å²) in [6.07, 6.45) is 7.87. The van der Waals surface area contributed by atoms with Crippen molar-refractivity contribution in [3.63, 3.8) is 0 Å². The van der Waals surface area contributed by atoms with Gasteiger partial charge in [0.25, 0.3) is 0 Å². The molecule has 112 valence electrons. The van der Waals surface area contributed by atoms with Crippen LogP contribution in [0.3, 0.4) is 0 Å². The van der Waals surface area contributed by atoms with Crippen LogP contribution in [0.15, 0.2) is 18.3 Å². The Labute approximate surface area is 124 Å². The number of pyridine rings is 1. The molecule has 0 N–H and O–H groups in total. The molecule has 5 heteroatoms. The number of hydrogen-bond acceptors (Lipinski definition) is 4. The van der Waals surface area contributed by atoms with E-state index >= 15 is 0 Å². The number of imidazole rings is 1. The average molecular weight is 286 g/mol. The molecule has 4 heterocycles. The number of piperidine rings is 1. The third-order valence-electron chi connectivity index (χ3n) is 4.74. The summed E-state index contributed by atoms with van der Waals surface area (Å²) in [4.78, 5) is 11.9. The predicted octanol–water partition coefficient (Wildman–Crippen LogP) is 2.90. The van der Waals surface area contributed by atoms with Crippen molar-refractivity contribution in [3.05, 3.63) is 24.2 Å².